The Bertz CT molecular complexity index is 220. The molecule has 4 nitrogen and oxygen atoms in total. The summed E-state index contributed by atoms with van der Waals surface area (Å²) in [4.78, 5) is 13.1. The molecule has 1 rings (SSSR count). The van der Waals surface area contributed by atoms with Crippen LogP contribution in [0.1, 0.15) is 26.7 Å². The molecule has 1 fully saturated rings. The van der Waals surface area contributed by atoms with Crippen LogP contribution in [-0.2, 0) is 9.53 Å². The molecule has 1 heterocycles. The quantitative estimate of drug-likeness (QED) is 0.765. The lowest BCUT2D eigenvalue weighted by atomic mass is 9.92. The fraction of sp³-hybridized carbons (Fsp3) is 0.909. The zero-order valence-electron chi connectivity index (χ0n) is 9.77. The average molecular weight is 215 g/mol. The summed E-state index contributed by atoms with van der Waals surface area (Å²) in [6.45, 7) is 5.66. The van der Waals surface area contributed by atoms with Crippen molar-refractivity contribution in [1.29, 1.82) is 0 Å². The number of hydrogen-bond acceptors (Lipinski definition) is 3. The molecular formula is C11H21NO3. The SMILES string of the molecule is COC(C)CN1CCC(C)CC1C(=O)O. The van der Waals surface area contributed by atoms with Crippen LogP contribution in [0.25, 0.3) is 0 Å². The lowest BCUT2D eigenvalue weighted by Crippen LogP contribution is -2.49. The zero-order chi connectivity index (χ0) is 11.4. The summed E-state index contributed by atoms with van der Waals surface area (Å²) in [5.74, 6) is -0.190. The van der Waals surface area contributed by atoms with Gasteiger partial charge < -0.3 is 9.84 Å². The van der Waals surface area contributed by atoms with E-state index in [2.05, 4.69) is 6.92 Å². The number of hydrogen-bond donors (Lipinski definition) is 1. The number of rotatable bonds is 4. The topological polar surface area (TPSA) is 49.8 Å². The lowest BCUT2D eigenvalue weighted by molar-refractivity contribution is -0.146. The summed E-state index contributed by atoms with van der Waals surface area (Å²) in [6.07, 6.45) is 1.94. The van der Waals surface area contributed by atoms with Gasteiger partial charge in [0.2, 0.25) is 0 Å². The van der Waals surface area contributed by atoms with Crippen molar-refractivity contribution in [2.45, 2.75) is 38.8 Å². The maximum Gasteiger partial charge on any atom is 0.320 e. The predicted molar refractivity (Wildman–Crippen MR) is 57.9 cm³/mol. The number of carboxylic acid groups (broad SMARTS) is 1. The maximum atomic E-state index is 11.1. The van der Waals surface area contributed by atoms with Crippen LogP contribution in [0.5, 0.6) is 0 Å². The fourth-order valence-corrected chi connectivity index (χ4v) is 2.07. The largest absolute Gasteiger partial charge is 0.480 e. The van der Waals surface area contributed by atoms with Crippen LogP contribution in [0.15, 0.2) is 0 Å². The molecular weight excluding hydrogens is 194 g/mol. The lowest BCUT2D eigenvalue weighted by Gasteiger charge is -2.37. The number of carbonyl (C=O) groups is 1. The Morgan fingerprint density at radius 2 is 2.33 bits per heavy atom. The number of ether oxygens (including phenoxy) is 1. The highest BCUT2D eigenvalue weighted by Gasteiger charge is 2.32. The van der Waals surface area contributed by atoms with E-state index in [0.29, 0.717) is 12.5 Å². The smallest absolute Gasteiger partial charge is 0.320 e. The van der Waals surface area contributed by atoms with Gasteiger partial charge in [-0.05, 0) is 32.2 Å². The highest BCUT2D eigenvalue weighted by molar-refractivity contribution is 5.73. The van der Waals surface area contributed by atoms with Crippen LogP contribution >= 0.6 is 0 Å². The Morgan fingerprint density at radius 3 is 2.87 bits per heavy atom. The van der Waals surface area contributed by atoms with Crippen LogP contribution in [0, 0.1) is 5.92 Å². The Hall–Kier alpha value is -0.610. The van der Waals surface area contributed by atoms with E-state index in [1.165, 1.54) is 0 Å². The van der Waals surface area contributed by atoms with Gasteiger partial charge in [-0.1, -0.05) is 6.92 Å². The Morgan fingerprint density at radius 1 is 1.67 bits per heavy atom. The molecule has 0 aromatic rings. The summed E-state index contributed by atoms with van der Waals surface area (Å²) < 4.78 is 5.17. The van der Waals surface area contributed by atoms with Crippen molar-refractivity contribution < 1.29 is 14.6 Å². The maximum absolute atomic E-state index is 11.1. The minimum atomic E-state index is -0.704. The number of aliphatic carboxylic acids is 1. The van der Waals surface area contributed by atoms with Crippen molar-refractivity contribution in [1.82, 2.24) is 4.90 Å². The fourth-order valence-electron chi connectivity index (χ4n) is 2.07. The van der Waals surface area contributed by atoms with Gasteiger partial charge in [-0.15, -0.1) is 0 Å². The molecule has 15 heavy (non-hydrogen) atoms. The van der Waals surface area contributed by atoms with Crippen LogP contribution in [0.4, 0.5) is 0 Å². The first-order chi connectivity index (χ1) is 7.04. The molecule has 0 aliphatic carbocycles. The zero-order valence-corrected chi connectivity index (χ0v) is 9.77. The highest BCUT2D eigenvalue weighted by Crippen LogP contribution is 2.22. The van der Waals surface area contributed by atoms with Crippen molar-refractivity contribution in [2.75, 3.05) is 20.2 Å². The molecule has 1 aliphatic heterocycles. The molecule has 0 saturated carbocycles. The standard InChI is InChI=1S/C11H21NO3/c1-8-4-5-12(7-9(2)15-3)10(6-8)11(13)14/h8-10H,4-7H2,1-3H3,(H,13,14). The van der Waals surface area contributed by atoms with Crippen molar-refractivity contribution in [2.24, 2.45) is 5.92 Å². The van der Waals surface area contributed by atoms with Crippen molar-refractivity contribution in [3.8, 4) is 0 Å². The number of piperidine rings is 1. The van der Waals surface area contributed by atoms with Crippen LogP contribution in [0.3, 0.4) is 0 Å². The summed E-state index contributed by atoms with van der Waals surface area (Å²) >= 11 is 0. The van der Waals surface area contributed by atoms with Gasteiger partial charge in [0.05, 0.1) is 6.10 Å². The van der Waals surface area contributed by atoms with E-state index in [9.17, 15) is 4.79 Å². The molecule has 0 spiro atoms. The van der Waals surface area contributed by atoms with E-state index in [-0.39, 0.29) is 12.1 Å². The molecule has 0 bridgehead atoms. The molecule has 0 aromatic carbocycles. The molecule has 3 unspecified atom stereocenters. The van der Waals surface area contributed by atoms with E-state index in [1.807, 2.05) is 11.8 Å². The van der Waals surface area contributed by atoms with Gasteiger partial charge in [0.1, 0.15) is 6.04 Å². The van der Waals surface area contributed by atoms with Gasteiger partial charge in [0.15, 0.2) is 0 Å². The van der Waals surface area contributed by atoms with E-state index >= 15 is 0 Å². The number of carboxylic acids is 1. The molecule has 0 radical (unpaired) electrons. The van der Waals surface area contributed by atoms with Crippen LogP contribution in [-0.4, -0.2) is 48.3 Å². The minimum Gasteiger partial charge on any atom is -0.480 e. The molecule has 0 amide bonds. The first-order valence-electron chi connectivity index (χ1n) is 5.54. The Balaban J connectivity index is 2.56. The highest BCUT2D eigenvalue weighted by atomic mass is 16.5. The second kappa shape index (κ2) is 5.47. The molecule has 1 N–H and O–H groups in total. The summed E-state index contributed by atoms with van der Waals surface area (Å²) in [5, 5.41) is 9.13. The average Bonchev–Trinajstić information content (AvgIpc) is 2.20. The number of likely N-dealkylation sites (tertiary alicyclic amines) is 1. The van der Waals surface area contributed by atoms with Gasteiger partial charge in [-0.2, -0.15) is 0 Å². The van der Waals surface area contributed by atoms with Crippen LogP contribution in [0.2, 0.25) is 0 Å². The van der Waals surface area contributed by atoms with Crippen LogP contribution < -0.4 is 0 Å². The third kappa shape index (κ3) is 3.47. The van der Waals surface area contributed by atoms with E-state index in [1.54, 1.807) is 7.11 Å². The normalized spacial score (nSPS) is 30.1. The monoisotopic (exact) mass is 215 g/mol. The van der Waals surface area contributed by atoms with E-state index in [0.717, 1.165) is 19.4 Å². The van der Waals surface area contributed by atoms with E-state index in [4.69, 9.17) is 9.84 Å². The second-order valence-corrected chi connectivity index (χ2v) is 4.52. The first-order valence-corrected chi connectivity index (χ1v) is 5.54. The van der Waals surface area contributed by atoms with Gasteiger partial charge >= 0.3 is 5.97 Å². The minimum absolute atomic E-state index is 0.0975. The predicted octanol–water partition coefficient (Wildman–Crippen LogP) is 1.21. The number of nitrogens with zero attached hydrogens (tertiary/aromatic N) is 1. The summed E-state index contributed by atoms with van der Waals surface area (Å²) in [6, 6.07) is -0.327. The molecule has 0 aromatic heterocycles. The van der Waals surface area contributed by atoms with Gasteiger partial charge in [0, 0.05) is 13.7 Å². The molecule has 4 heteroatoms. The van der Waals surface area contributed by atoms with Gasteiger partial charge in [-0.3, -0.25) is 9.69 Å². The third-order valence-electron chi connectivity index (χ3n) is 3.15. The summed E-state index contributed by atoms with van der Waals surface area (Å²) in [5.41, 5.74) is 0. The van der Waals surface area contributed by atoms with Gasteiger partial charge in [0.25, 0.3) is 0 Å². The van der Waals surface area contributed by atoms with Crippen molar-refractivity contribution in [3.05, 3.63) is 0 Å². The second-order valence-electron chi connectivity index (χ2n) is 4.52. The third-order valence-corrected chi connectivity index (χ3v) is 3.15. The molecule has 1 saturated heterocycles. The first kappa shape index (κ1) is 12.5. The Kier molecular flexibility index (Phi) is 4.54. The Labute approximate surface area is 91.2 Å². The summed E-state index contributed by atoms with van der Waals surface area (Å²) in [7, 11) is 1.66. The van der Waals surface area contributed by atoms with Gasteiger partial charge in [-0.25, -0.2) is 0 Å². The molecule has 88 valence electrons. The van der Waals surface area contributed by atoms with Crippen molar-refractivity contribution >= 4 is 5.97 Å². The van der Waals surface area contributed by atoms with Crippen molar-refractivity contribution in [3.63, 3.8) is 0 Å². The molecule has 1 aliphatic rings. The number of methoxy groups -OCH3 is 1. The molecule has 3 atom stereocenters. The van der Waals surface area contributed by atoms with E-state index < -0.39 is 5.97 Å².